The fourth-order valence-corrected chi connectivity index (χ4v) is 2.75. The smallest absolute Gasteiger partial charge is 0.225 e. The number of carbonyl (C=O) groups is 1. The summed E-state index contributed by atoms with van der Waals surface area (Å²) in [6.45, 7) is 1.02. The number of amides is 1. The third-order valence-electron chi connectivity index (χ3n) is 3.82. The summed E-state index contributed by atoms with van der Waals surface area (Å²) in [6, 6.07) is 8.13. The number of nitrogens with one attached hydrogen (secondary N) is 2. The molecule has 0 radical (unpaired) electrons. The molecule has 5 nitrogen and oxygen atoms in total. The molecule has 1 aliphatic rings. The zero-order chi connectivity index (χ0) is 14.7. The maximum atomic E-state index is 12.1. The van der Waals surface area contributed by atoms with Gasteiger partial charge in [-0.25, -0.2) is 4.98 Å². The van der Waals surface area contributed by atoms with Gasteiger partial charge in [0.15, 0.2) is 0 Å². The van der Waals surface area contributed by atoms with Gasteiger partial charge >= 0.3 is 0 Å². The summed E-state index contributed by atoms with van der Waals surface area (Å²) in [4.78, 5) is 16.4. The largest absolute Gasteiger partial charge is 0.334 e. The van der Waals surface area contributed by atoms with Crippen molar-refractivity contribution in [3.63, 3.8) is 0 Å². The Balaban J connectivity index is 1.68. The van der Waals surface area contributed by atoms with Gasteiger partial charge in [0.25, 0.3) is 0 Å². The van der Waals surface area contributed by atoms with Crippen LogP contribution in [0.3, 0.4) is 0 Å². The molecule has 1 aromatic carbocycles. The van der Waals surface area contributed by atoms with Gasteiger partial charge in [0.05, 0.1) is 0 Å². The molecule has 110 valence electrons. The highest BCUT2D eigenvalue weighted by molar-refractivity contribution is 5.91. The zero-order valence-corrected chi connectivity index (χ0v) is 12.2. The van der Waals surface area contributed by atoms with E-state index in [2.05, 4.69) is 15.6 Å². The summed E-state index contributed by atoms with van der Waals surface area (Å²) < 4.78 is 1.96. The van der Waals surface area contributed by atoms with Crippen LogP contribution in [0.2, 0.25) is 0 Å². The number of carbonyl (C=O) groups excluding carboxylic acids is 1. The lowest BCUT2D eigenvalue weighted by atomic mass is 10.1. The second-order valence-electron chi connectivity index (χ2n) is 5.49. The molecule has 1 unspecified atom stereocenters. The molecule has 1 amide bonds. The van der Waals surface area contributed by atoms with Crippen molar-refractivity contribution in [2.75, 3.05) is 11.9 Å². The minimum atomic E-state index is 0.0615. The third kappa shape index (κ3) is 3.31. The van der Waals surface area contributed by atoms with Crippen LogP contribution < -0.4 is 10.6 Å². The number of nitrogens with zero attached hydrogens (tertiary/aromatic N) is 2. The van der Waals surface area contributed by atoms with E-state index < -0.39 is 0 Å². The quantitative estimate of drug-likeness (QED) is 0.904. The fourth-order valence-electron chi connectivity index (χ4n) is 2.75. The molecule has 1 aromatic heterocycles. The summed E-state index contributed by atoms with van der Waals surface area (Å²) in [5.41, 5.74) is 1.82. The minimum absolute atomic E-state index is 0.0615. The van der Waals surface area contributed by atoms with Gasteiger partial charge in [0.2, 0.25) is 5.91 Å². The molecular formula is C16H20N4O. The van der Waals surface area contributed by atoms with E-state index in [1.165, 1.54) is 0 Å². The van der Waals surface area contributed by atoms with Crippen LogP contribution in [0.4, 0.5) is 5.69 Å². The van der Waals surface area contributed by atoms with E-state index in [-0.39, 0.29) is 5.91 Å². The molecular weight excluding hydrogens is 264 g/mol. The highest BCUT2D eigenvalue weighted by Gasteiger charge is 2.17. The van der Waals surface area contributed by atoms with Crippen LogP contribution in [0, 0.1) is 0 Å². The minimum Gasteiger partial charge on any atom is -0.334 e. The molecule has 1 aliphatic heterocycles. The van der Waals surface area contributed by atoms with E-state index in [1.807, 2.05) is 42.1 Å². The van der Waals surface area contributed by atoms with E-state index in [9.17, 15) is 4.79 Å². The highest BCUT2D eigenvalue weighted by Crippen LogP contribution is 2.21. The molecule has 2 N–H and O–H groups in total. The molecule has 0 saturated carbocycles. The Hall–Kier alpha value is -2.14. The molecule has 2 heterocycles. The van der Waals surface area contributed by atoms with Gasteiger partial charge < -0.3 is 15.2 Å². The first kappa shape index (κ1) is 13.8. The molecule has 1 atom stereocenters. The summed E-state index contributed by atoms with van der Waals surface area (Å²) >= 11 is 0. The lowest BCUT2D eigenvalue weighted by molar-refractivity contribution is -0.116. The van der Waals surface area contributed by atoms with E-state index in [0.29, 0.717) is 12.5 Å². The Labute approximate surface area is 124 Å². The SMILES string of the molecule is Cn1ccnc1-c1cccc(NC(=O)CC2CCCN2)c1. The van der Waals surface area contributed by atoms with Gasteiger partial charge in [-0.1, -0.05) is 12.1 Å². The lowest BCUT2D eigenvalue weighted by Crippen LogP contribution is -2.27. The van der Waals surface area contributed by atoms with Crippen LogP contribution in [0.5, 0.6) is 0 Å². The number of hydrogen-bond acceptors (Lipinski definition) is 3. The van der Waals surface area contributed by atoms with Crippen molar-refractivity contribution in [1.29, 1.82) is 0 Å². The fraction of sp³-hybridized carbons (Fsp3) is 0.375. The summed E-state index contributed by atoms with van der Waals surface area (Å²) in [5.74, 6) is 0.954. The number of rotatable bonds is 4. The van der Waals surface area contributed by atoms with Gasteiger partial charge in [0.1, 0.15) is 5.82 Å². The molecule has 1 saturated heterocycles. The number of aryl methyl sites for hydroxylation is 1. The Morgan fingerprint density at radius 2 is 2.43 bits per heavy atom. The average molecular weight is 284 g/mol. The number of benzene rings is 1. The van der Waals surface area contributed by atoms with Crippen LogP contribution >= 0.6 is 0 Å². The topological polar surface area (TPSA) is 59.0 Å². The van der Waals surface area contributed by atoms with Crippen LogP contribution in [-0.4, -0.2) is 28.0 Å². The summed E-state index contributed by atoms with van der Waals surface area (Å²) in [5, 5.41) is 6.31. The van der Waals surface area contributed by atoms with E-state index >= 15 is 0 Å². The predicted molar refractivity (Wildman–Crippen MR) is 82.9 cm³/mol. The Morgan fingerprint density at radius 3 is 3.14 bits per heavy atom. The predicted octanol–water partition coefficient (Wildman–Crippen LogP) is 2.17. The Morgan fingerprint density at radius 1 is 1.52 bits per heavy atom. The molecule has 21 heavy (non-hydrogen) atoms. The summed E-state index contributed by atoms with van der Waals surface area (Å²) in [6.07, 6.45) is 6.46. The first-order chi connectivity index (χ1) is 10.2. The van der Waals surface area contributed by atoms with Gasteiger partial charge in [0, 0.05) is 43.2 Å². The van der Waals surface area contributed by atoms with Gasteiger partial charge in [-0.2, -0.15) is 0 Å². The van der Waals surface area contributed by atoms with E-state index in [0.717, 1.165) is 36.5 Å². The van der Waals surface area contributed by atoms with Crippen molar-refractivity contribution in [1.82, 2.24) is 14.9 Å². The van der Waals surface area contributed by atoms with Gasteiger partial charge in [-0.3, -0.25) is 4.79 Å². The van der Waals surface area contributed by atoms with Crippen molar-refractivity contribution in [3.05, 3.63) is 36.7 Å². The molecule has 0 bridgehead atoms. The molecule has 5 heteroatoms. The molecule has 0 aliphatic carbocycles. The van der Waals surface area contributed by atoms with Crippen LogP contribution in [0.1, 0.15) is 19.3 Å². The van der Waals surface area contributed by atoms with Crippen molar-refractivity contribution in [2.24, 2.45) is 7.05 Å². The van der Waals surface area contributed by atoms with Gasteiger partial charge in [-0.15, -0.1) is 0 Å². The lowest BCUT2D eigenvalue weighted by Gasteiger charge is -2.11. The van der Waals surface area contributed by atoms with Gasteiger partial charge in [-0.05, 0) is 31.5 Å². The maximum absolute atomic E-state index is 12.1. The number of anilines is 1. The molecule has 1 fully saturated rings. The number of aromatic nitrogens is 2. The van der Waals surface area contributed by atoms with Crippen LogP contribution in [0.25, 0.3) is 11.4 Å². The normalized spacial score (nSPS) is 17.9. The average Bonchev–Trinajstić information content (AvgIpc) is 3.10. The van der Waals surface area contributed by atoms with Crippen molar-refractivity contribution in [2.45, 2.75) is 25.3 Å². The number of hydrogen-bond donors (Lipinski definition) is 2. The first-order valence-electron chi connectivity index (χ1n) is 7.33. The Kier molecular flexibility index (Phi) is 4.01. The standard InChI is InChI=1S/C16H20N4O/c1-20-9-8-18-16(20)12-4-2-5-14(10-12)19-15(21)11-13-6-3-7-17-13/h2,4-5,8-10,13,17H,3,6-7,11H2,1H3,(H,19,21). The van der Waals surface area contributed by atoms with Crippen molar-refractivity contribution >= 4 is 11.6 Å². The van der Waals surface area contributed by atoms with Crippen LogP contribution in [0.15, 0.2) is 36.7 Å². The van der Waals surface area contributed by atoms with E-state index in [1.54, 1.807) is 6.20 Å². The molecule has 3 rings (SSSR count). The monoisotopic (exact) mass is 284 g/mol. The molecule has 0 spiro atoms. The summed E-state index contributed by atoms with van der Waals surface area (Å²) in [7, 11) is 1.96. The maximum Gasteiger partial charge on any atom is 0.225 e. The second kappa shape index (κ2) is 6.10. The van der Waals surface area contributed by atoms with Crippen molar-refractivity contribution in [3.8, 4) is 11.4 Å². The Bertz CT molecular complexity index is 629. The second-order valence-corrected chi connectivity index (χ2v) is 5.49. The third-order valence-corrected chi connectivity index (χ3v) is 3.82. The zero-order valence-electron chi connectivity index (χ0n) is 12.2. The highest BCUT2D eigenvalue weighted by atomic mass is 16.1. The van der Waals surface area contributed by atoms with Crippen molar-refractivity contribution < 1.29 is 4.79 Å². The van der Waals surface area contributed by atoms with E-state index in [4.69, 9.17) is 0 Å². The molecule has 2 aromatic rings. The first-order valence-corrected chi connectivity index (χ1v) is 7.33. The number of imidazole rings is 1. The van der Waals surface area contributed by atoms with Crippen LogP contribution in [-0.2, 0) is 11.8 Å².